The fourth-order valence-corrected chi connectivity index (χ4v) is 4.20. The van der Waals surface area contributed by atoms with Gasteiger partial charge in [0.25, 0.3) is 0 Å². The van der Waals surface area contributed by atoms with Crippen LogP contribution in [-0.2, 0) is 6.42 Å². The molecule has 5 heteroatoms. The van der Waals surface area contributed by atoms with Gasteiger partial charge in [-0.2, -0.15) is 0 Å². The number of nitrogens with zero attached hydrogens (tertiary/aromatic N) is 3. The molecule has 1 aliphatic rings. The lowest BCUT2D eigenvalue weighted by Crippen LogP contribution is -2.48. The van der Waals surface area contributed by atoms with E-state index in [-0.39, 0.29) is 0 Å². The molecule has 4 nitrogen and oxygen atoms in total. The minimum Gasteiger partial charge on any atom is -0.356 e. The molecule has 118 valence electrons. The second kappa shape index (κ2) is 7.25. The lowest BCUT2D eigenvalue weighted by atomic mass is 9.92. The third-order valence-corrected chi connectivity index (χ3v) is 5.15. The minimum absolute atomic E-state index is 0.749. The van der Waals surface area contributed by atoms with E-state index >= 15 is 0 Å². The number of rotatable bonds is 3. The number of aliphatic imine (C=N–C) groups is 1. The van der Waals surface area contributed by atoms with Crippen molar-refractivity contribution in [3.8, 4) is 0 Å². The van der Waals surface area contributed by atoms with Crippen molar-refractivity contribution in [3.05, 3.63) is 15.6 Å². The Labute approximate surface area is 132 Å². The fourth-order valence-electron chi connectivity index (χ4n) is 3.26. The maximum Gasteiger partial charge on any atom is 0.193 e. The summed E-state index contributed by atoms with van der Waals surface area (Å²) in [6.45, 7) is 12.0. The summed E-state index contributed by atoms with van der Waals surface area (Å²) in [5, 5.41) is 4.68. The van der Waals surface area contributed by atoms with E-state index in [1.165, 1.54) is 17.0 Å². The molecule has 1 saturated heterocycles. The summed E-state index contributed by atoms with van der Waals surface area (Å²) in [5.74, 6) is 2.55. The number of piperidine rings is 1. The van der Waals surface area contributed by atoms with Gasteiger partial charge in [-0.05, 0) is 32.1 Å². The fraction of sp³-hybridized carbons (Fsp3) is 0.750. The van der Waals surface area contributed by atoms with Crippen LogP contribution < -0.4 is 5.32 Å². The van der Waals surface area contributed by atoms with Gasteiger partial charge in [-0.3, -0.25) is 4.99 Å². The second-order valence-electron chi connectivity index (χ2n) is 6.32. The molecule has 0 radical (unpaired) electrons. The van der Waals surface area contributed by atoms with Crippen molar-refractivity contribution >= 4 is 17.3 Å². The van der Waals surface area contributed by atoms with Gasteiger partial charge in [-0.25, -0.2) is 4.98 Å². The van der Waals surface area contributed by atoms with E-state index in [1.807, 2.05) is 7.05 Å². The Kier molecular flexibility index (Phi) is 5.62. The van der Waals surface area contributed by atoms with E-state index in [9.17, 15) is 0 Å². The highest BCUT2D eigenvalue weighted by Gasteiger charge is 2.23. The van der Waals surface area contributed by atoms with Gasteiger partial charge < -0.3 is 10.2 Å². The van der Waals surface area contributed by atoms with Crippen LogP contribution in [0.5, 0.6) is 0 Å². The van der Waals surface area contributed by atoms with Crippen molar-refractivity contribution in [3.63, 3.8) is 0 Å². The Bertz CT molecular complexity index is 484. The van der Waals surface area contributed by atoms with Crippen LogP contribution in [0.15, 0.2) is 4.99 Å². The zero-order chi connectivity index (χ0) is 15.4. The molecular formula is C16H28N4S. The smallest absolute Gasteiger partial charge is 0.193 e. The van der Waals surface area contributed by atoms with Crippen molar-refractivity contribution in [2.24, 2.45) is 16.8 Å². The summed E-state index contributed by atoms with van der Waals surface area (Å²) in [6, 6.07) is 0. The molecule has 1 N–H and O–H groups in total. The van der Waals surface area contributed by atoms with Crippen LogP contribution in [0, 0.1) is 25.7 Å². The van der Waals surface area contributed by atoms with Crippen molar-refractivity contribution in [2.75, 3.05) is 26.7 Å². The van der Waals surface area contributed by atoms with Gasteiger partial charge in [0.1, 0.15) is 0 Å². The van der Waals surface area contributed by atoms with Gasteiger partial charge in [0.05, 0.1) is 10.7 Å². The summed E-state index contributed by atoms with van der Waals surface area (Å²) < 4.78 is 0. The van der Waals surface area contributed by atoms with Gasteiger partial charge >= 0.3 is 0 Å². The summed E-state index contributed by atoms with van der Waals surface area (Å²) >= 11 is 1.81. The van der Waals surface area contributed by atoms with Crippen LogP contribution in [0.4, 0.5) is 0 Å². The normalized spacial score (nSPS) is 23.5. The Hall–Kier alpha value is -1.10. The highest BCUT2D eigenvalue weighted by atomic mass is 32.1. The predicted molar refractivity (Wildman–Crippen MR) is 91.2 cm³/mol. The van der Waals surface area contributed by atoms with Crippen LogP contribution in [0.25, 0.3) is 0 Å². The molecule has 2 unspecified atom stereocenters. The molecule has 0 aromatic carbocycles. The average Bonchev–Trinajstić information content (AvgIpc) is 2.72. The highest BCUT2D eigenvalue weighted by molar-refractivity contribution is 7.11. The molecule has 0 bridgehead atoms. The molecule has 1 aromatic heterocycles. The predicted octanol–water partition coefficient (Wildman–Crippen LogP) is 2.86. The first-order valence-corrected chi connectivity index (χ1v) is 8.69. The Balaban J connectivity index is 1.87. The van der Waals surface area contributed by atoms with Crippen molar-refractivity contribution in [1.82, 2.24) is 15.2 Å². The first kappa shape index (κ1) is 16.3. The molecule has 0 amide bonds. The number of guanidine groups is 1. The van der Waals surface area contributed by atoms with Crippen LogP contribution in [0.1, 0.15) is 35.8 Å². The van der Waals surface area contributed by atoms with Crippen LogP contribution in [0.3, 0.4) is 0 Å². The van der Waals surface area contributed by atoms with Crippen molar-refractivity contribution in [1.29, 1.82) is 0 Å². The average molecular weight is 308 g/mol. The van der Waals surface area contributed by atoms with Crippen molar-refractivity contribution in [2.45, 2.75) is 40.5 Å². The van der Waals surface area contributed by atoms with Crippen LogP contribution in [0.2, 0.25) is 0 Å². The maximum atomic E-state index is 4.49. The zero-order valence-corrected chi connectivity index (χ0v) is 14.8. The number of hydrogen-bond donors (Lipinski definition) is 1. The van der Waals surface area contributed by atoms with E-state index < -0.39 is 0 Å². The topological polar surface area (TPSA) is 40.5 Å². The van der Waals surface area contributed by atoms with Gasteiger partial charge in [0.2, 0.25) is 0 Å². The van der Waals surface area contributed by atoms with Gasteiger partial charge in [0, 0.05) is 38.0 Å². The first-order chi connectivity index (χ1) is 9.99. The molecule has 1 aliphatic heterocycles. The van der Waals surface area contributed by atoms with Gasteiger partial charge in [-0.1, -0.05) is 13.8 Å². The highest BCUT2D eigenvalue weighted by Crippen LogP contribution is 2.21. The summed E-state index contributed by atoms with van der Waals surface area (Å²) in [4.78, 5) is 12.7. The summed E-state index contributed by atoms with van der Waals surface area (Å²) in [5.41, 5.74) is 1.18. The number of likely N-dealkylation sites (tertiary alicyclic amines) is 1. The second-order valence-corrected chi connectivity index (χ2v) is 7.60. The minimum atomic E-state index is 0.749. The Morgan fingerprint density at radius 1 is 1.33 bits per heavy atom. The molecule has 2 atom stereocenters. The molecular weight excluding hydrogens is 280 g/mol. The lowest BCUT2D eigenvalue weighted by Gasteiger charge is -2.37. The summed E-state index contributed by atoms with van der Waals surface area (Å²) in [7, 11) is 1.88. The van der Waals surface area contributed by atoms with E-state index in [2.05, 4.69) is 47.9 Å². The third-order valence-electron chi connectivity index (χ3n) is 4.01. The van der Waals surface area contributed by atoms with Gasteiger partial charge in [0.15, 0.2) is 5.96 Å². The van der Waals surface area contributed by atoms with Crippen molar-refractivity contribution < 1.29 is 0 Å². The third kappa shape index (κ3) is 4.43. The largest absolute Gasteiger partial charge is 0.356 e. The van der Waals surface area contributed by atoms with E-state index in [0.29, 0.717) is 0 Å². The lowest BCUT2D eigenvalue weighted by molar-refractivity contribution is 0.208. The van der Waals surface area contributed by atoms with E-state index in [0.717, 1.165) is 48.9 Å². The molecule has 0 saturated carbocycles. The van der Waals surface area contributed by atoms with Crippen LogP contribution >= 0.6 is 11.3 Å². The molecule has 2 heterocycles. The zero-order valence-electron chi connectivity index (χ0n) is 13.9. The Morgan fingerprint density at radius 3 is 2.52 bits per heavy atom. The first-order valence-electron chi connectivity index (χ1n) is 7.88. The molecule has 21 heavy (non-hydrogen) atoms. The number of hydrogen-bond acceptors (Lipinski definition) is 3. The molecule has 1 fully saturated rings. The molecule has 1 aromatic rings. The SMILES string of the molecule is CN=C(NCCc1sc(C)nc1C)N1CC(C)CC(C)C1. The number of nitrogens with one attached hydrogen (secondary N) is 1. The van der Waals surface area contributed by atoms with E-state index in [1.54, 1.807) is 11.3 Å². The number of thiazole rings is 1. The standard InChI is InChI=1S/C16H28N4S/c1-11-8-12(2)10-20(9-11)16(17-5)18-7-6-15-13(3)19-14(4)21-15/h11-12H,6-10H2,1-5H3,(H,17,18). The number of aromatic nitrogens is 1. The molecule has 0 spiro atoms. The van der Waals surface area contributed by atoms with Crippen LogP contribution in [-0.4, -0.2) is 42.5 Å². The maximum absolute atomic E-state index is 4.49. The van der Waals surface area contributed by atoms with E-state index in [4.69, 9.17) is 0 Å². The monoisotopic (exact) mass is 308 g/mol. The quantitative estimate of drug-likeness (QED) is 0.689. The molecule has 2 rings (SSSR count). The molecule has 0 aliphatic carbocycles. The van der Waals surface area contributed by atoms with Gasteiger partial charge in [-0.15, -0.1) is 11.3 Å². The summed E-state index contributed by atoms with van der Waals surface area (Å²) in [6.07, 6.45) is 2.35. The Morgan fingerprint density at radius 2 is 2.00 bits per heavy atom. The number of aryl methyl sites for hydroxylation is 2.